The van der Waals surface area contributed by atoms with Gasteiger partial charge in [0.2, 0.25) is 5.91 Å². The zero-order chi connectivity index (χ0) is 15.3. The smallest absolute Gasteiger partial charge is 0.244 e. The molecule has 20 heavy (non-hydrogen) atoms. The van der Waals surface area contributed by atoms with Crippen LogP contribution < -0.4 is 16.0 Å². The van der Waals surface area contributed by atoms with E-state index >= 15 is 0 Å². The highest BCUT2D eigenvalue weighted by molar-refractivity contribution is 5.97. The normalized spacial score (nSPS) is 13.9. The van der Waals surface area contributed by atoms with Crippen molar-refractivity contribution in [3.8, 4) is 0 Å². The molecule has 0 spiro atoms. The fourth-order valence-electron chi connectivity index (χ4n) is 2.02. The van der Waals surface area contributed by atoms with E-state index in [-0.39, 0.29) is 5.91 Å². The molecule has 0 heterocycles. The van der Waals surface area contributed by atoms with Gasteiger partial charge in [0.1, 0.15) is 0 Å². The van der Waals surface area contributed by atoms with Crippen LogP contribution in [-0.2, 0) is 4.79 Å². The monoisotopic (exact) mass is 277 g/mol. The Balaban J connectivity index is 2.79. The second-order valence-corrected chi connectivity index (χ2v) is 5.65. The van der Waals surface area contributed by atoms with Crippen LogP contribution in [0.25, 0.3) is 0 Å². The van der Waals surface area contributed by atoms with Crippen LogP contribution in [0.5, 0.6) is 0 Å². The molecule has 0 aliphatic heterocycles. The molecule has 1 rings (SSSR count). The van der Waals surface area contributed by atoms with Crippen molar-refractivity contribution in [3.63, 3.8) is 0 Å². The van der Waals surface area contributed by atoms with Crippen molar-refractivity contribution >= 4 is 17.3 Å². The maximum Gasteiger partial charge on any atom is 0.244 e. The van der Waals surface area contributed by atoms with Crippen LogP contribution in [0.15, 0.2) is 24.3 Å². The molecule has 1 atom stereocenters. The molecule has 0 saturated heterocycles. The highest BCUT2D eigenvalue weighted by Gasteiger charge is 2.25. The second kappa shape index (κ2) is 6.75. The number of hydrogen-bond acceptors (Lipinski definition) is 3. The molecular formula is C16H27N3O. The molecule has 0 aliphatic carbocycles. The van der Waals surface area contributed by atoms with Crippen LogP contribution in [0, 0.1) is 0 Å². The zero-order valence-electron chi connectivity index (χ0n) is 13.2. The van der Waals surface area contributed by atoms with Crippen molar-refractivity contribution in [2.45, 2.75) is 52.6 Å². The van der Waals surface area contributed by atoms with Gasteiger partial charge < -0.3 is 16.0 Å². The van der Waals surface area contributed by atoms with E-state index in [1.165, 1.54) is 0 Å². The lowest BCUT2D eigenvalue weighted by atomic mass is 9.99. The lowest BCUT2D eigenvalue weighted by molar-refractivity contribution is -0.120. The third-order valence-electron chi connectivity index (χ3n) is 3.67. The topological polar surface area (TPSA) is 58.4 Å². The number of benzene rings is 1. The summed E-state index contributed by atoms with van der Waals surface area (Å²) in [5, 5.41) is 2.86. The Bertz CT molecular complexity index is 438. The van der Waals surface area contributed by atoms with Gasteiger partial charge in [-0.1, -0.05) is 6.92 Å². The summed E-state index contributed by atoms with van der Waals surface area (Å²) in [4.78, 5) is 14.3. The van der Waals surface area contributed by atoms with Gasteiger partial charge in [-0.3, -0.25) is 4.79 Å². The first-order valence-corrected chi connectivity index (χ1v) is 7.28. The molecule has 1 amide bonds. The number of rotatable bonds is 6. The maximum atomic E-state index is 12.0. The molecule has 3 N–H and O–H groups in total. The number of amides is 1. The summed E-state index contributed by atoms with van der Waals surface area (Å²) in [6, 6.07) is 8.35. The Hall–Kier alpha value is -1.55. The maximum absolute atomic E-state index is 12.0. The van der Waals surface area contributed by atoms with E-state index in [9.17, 15) is 4.79 Å². The predicted molar refractivity (Wildman–Crippen MR) is 86.1 cm³/mol. The number of hydrogen-bond donors (Lipinski definition) is 2. The quantitative estimate of drug-likeness (QED) is 0.840. The van der Waals surface area contributed by atoms with E-state index < -0.39 is 5.54 Å². The Labute approximate surface area is 122 Å². The summed E-state index contributed by atoms with van der Waals surface area (Å²) in [6.45, 7) is 11.1. The van der Waals surface area contributed by atoms with Gasteiger partial charge in [0, 0.05) is 24.0 Å². The Morgan fingerprint density at radius 1 is 1.30 bits per heavy atom. The summed E-state index contributed by atoms with van der Waals surface area (Å²) >= 11 is 0. The van der Waals surface area contributed by atoms with Crippen molar-refractivity contribution < 1.29 is 4.79 Å². The zero-order valence-corrected chi connectivity index (χ0v) is 13.2. The molecule has 1 aromatic rings. The first kappa shape index (κ1) is 16.5. The van der Waals surface area contributed by atoms with Gasteiger partial charge in [0.15, 0.2) is 0 Å². The Morgan fingerprint density at radius 3 is 2.25 bits per heavy atom. The van der Waals surface area contributed by atoms with Crippen LogP contribution in [-0.4, -0.2) is 24.0 Å². The van der Waals surface area contributed by atoms with Gasteiger partial charge in [-0.05, 0) is 58.4 Å². The van der Waals surface area contributed by atoms with Crippen molar-refractivity contribution in [1.29, 1.82) is 0 Å². The van der Waals surface area contributed by atoms with E-state index in [1.54, 1.807) is 6.92 Å². The van der Waals surface area contributed by atoms with Gasteiger partial charge >= 0.3 is 0 Å². The van der Waals surface area contributed by atoms with Crippen LogP contribution in [0.4, 0.5) is 11.4 Å². The van der Waals surface area contributed by atoms with E-state index in [1.807, 2.05) is 31.2 Å². The minimum atomic E-state index is -0.827. The van der Waals surface area contributed by atoms with Crippen molar-refractivity contribution in [2.75, 3.05) is 16.8 Å². The predicted octanol–water partition coefficient (Wildman–Crippen LogP) is 2.99. The SMILES string of the molecule is CCN(c1ccc(NC(=O)C(C)(N)CC)cc1)C(C)C. The van der Waals surface area contributed by atoms with Crippen molar-refractivity contribution in [3.05, 3.63) is 24.3 Å². The number of nitrogens with zero attached hydrogens (tertiary/aromatic N) is 1. The van der Waals surface area contributed by atoms with Crippen molar-refractivity contribution in [1.82, 2.24) is 0 Å². The largest absolute Gasteiger partial charge is 0.369 e. The van der Waals surface area contributed by atoms with Gasteiger partial charge in [0.25, 0.3) is 0 Å². The average Bonchev–Trinajstić information content (AvgIpc) is 2.41. The molecule has 0 fully saturated rings. The van der Waals surface area contributed by atoms with Crippen LogP contribution in [0.3, 0.4) is 0 Å². The molecule has 112 valence electrons. The van der Waals surface area contributed by atoms with Crippen LogP contribution >= 0.6 is 0 Å². The fraction of sp³-hybridized carbons (Fsp3) is 0.562. The van der Waals surface area contributed by atoms with Gasteiger partial charge in [-0.15, -0.1) is 0 Å². The number of nitrogens with one attached hydrogen (secondary N) is 1. The second-order valence-electron chi connectivity index (χ2n) is 5.65. The first-order valence-electron chi connectivity index (χ1n) is 7.28. The van der Waals surface area contributed by atoms with Gasteiger partial charge in [-0.2, -0.15) is 0 Å². The van der Waals surface area contributed by atoms with E-state index in [0.717, 1.165) is 17.9 Å². The number of carbonyl (C=O) groups excluding carboxylic acids is 1. The lowest BCUT2D eigenvalue weighted by Crippen LogP contribution is -2.47. The summed E-state index contributed by atoms with van der Waals surface area (Å²) in [5.41, 5.74) is 7.04. The summed E-state index contributed by atoms with van der Waals surface area (Å²) < 4.78 is 0. The number of anilines is 2. The van der Waals surface area contributed by atoms with Crippen LogP contribution in [0.2, 0.25) is 0 Å². The summed E-state index contributed by atoms with van der Waals surface area (Å²) in [5.74, 6) is -0.149. The molecule has 4 nitrogen and oxygen atoms in total. The minimum absolute atomic E-state index is 0.149. The molecule has 0 aliphatic rings. The Morgan fingerprint density at radius 2 is 1.85 bits per heavy atom. The summed E-state index contributed by atoms with van der Waals surface area (Å²) in [7, 11) is 0. The third kappa shape index (κ3) is 3.97. The van der Waals surface area contributed by atoms with E-state index in [2.05, 4.69) is 31.0 Å². The standard InChI is InChI=1S/C16H27N3O/c1-6-16(5,17)15(20)18-13-8-10-14(11-9-13)19(7-2)12(3)4/h8-12H,6-7,17H2,1-5H3,(H,18,20). The molecule has 1 aromatic carbocycles. The number of carbonyl (C=O) groups is 1. The molecule has 0 saturated carbocycles. The minimum Gasteiger partial charge on any atom is -0.369 e. The highest BCUT2D eigenvalue weighted by atomic mass is 16.2. The molecular weight excluding hydrogens is 250 g/mol. The highest BCUT2D eigenvalue weighted by Crippen LogP contribution is 2.20. The molecule has 0 bridgehead atoms. The van der Waals surface area contributed by atoms with Crippen molar-refractivity contribution in [2.24, 2.45) is 5.73 Å². The number of nitrogens with two attached hydrogens (primary N) is 1. The first-order chi connectivity index (χ1) is 9.31. The van der Waals surface area contributed by atoms with E-state index in [0.29, 0.717) is 12.5 Å². The molecule has 0 aromatic heterocycles. The Kier molecular flexibility index (Phi) is 5.57. The van der Waals surface area contributed by atoms with Gasteiger partial charge in [0.05, 0.1) is 5.54 Å². The van der Waals surface area contributed by atoms with Crippen LogP contribution in [0.1, 0.15) is 41.0 Å². The summed E-state index contributed by atoms with van der Waals surface area (Å²) in [6.07, 6.45) is 0.605. The van der Waals surface area contributed by atoms with Gasteiger partial charge in [-0.25, -0.2) is 0 Å². The third-order valence-corrected chi connectivity index (χ3v) is 3.67. The molecule has 4 heteroatoms. The fourth-order valence-corrected chi connectivity index (χ4v) is 2.02. The molecule has 1 unspecified atom stereocenters. The average molecular weight is 277 g/mol. The lowest BCUT2D eigenvalue weighted by Gasteiger charge is -2.28. The molecule has 0 radical (unpaired) electrons. The van der Waals surface area contributed by atoms with E-state index in [4.69, 9.17) is 5.73 Å².